The molecule has 0 amide bonds. The van der Waals surface area contributed by atoms with Gasteiger partial charge in [0.25, 0.3) is 0 Å². The maximum atomic E-state index is 13.4. The third kappa shape index (κ3) is 1.77. The van der Waals surface area contributed by atoms with Crippen LogP contribution in [0, 0.1) is 12.7 Å². The second-order valence-electron chi connectivity index (χ2n) is 3.27. The van der Waals surface area contributed by atoms with Crippen molar-refractivity contribution >= 4 is 5.97 Å². The number of carbonyl (C=O) groups is 1. The van der Waals surface area contributed by atoms with Gasteiger partial charge in [0.15, 0.2) is 0 Å². The Hall–Kier alpha value is -2.24. The summed E-state index contributed by atoms with van der Waals surface area (Å²) in [5, 5.41) is 16.2. The molecule has 82 valence electrons. The van der Waals surface area contributed by atoms with Gasteiger partial charge in [-0.3, -0.25) is 0 Å². The topological polar surface area (TPSA) is 68.0 Å². The van der Waals surface area contributed by atoms with Crippen LogP contribution in [0.25, 0.3) is 5.69 Å². The zero-order valence-corrected chi connectivity index (χ0v) is 8.38. The van der Waals surface area contributed by atoms with E-state index >= 15 is 0 Å². The second kappa shape index (κ2) is 3.73. The average Bonchev–Trinajstić information content (AvgIpc) is 2.64. The standard InChI is InChI=1S/C10H8FN3O2/c1-6-5-14(13-12-6)7-2-3-8(10(15)16)9(11)4-7/h2-5H,1H3,(H,15,16). The van der Waals surface area contributed by atoms with E-state index in [1.807, 2.05) is 0 Å². The summed E-state index contributed by atoms with van der Waals surface area (Å²) < 4.78 is 14.7. The quantitative estimate of drug-likeness (QED) is 0.832. The molecule has 1 aromatic heterocycles. The Morgan fingerprint density at radius 1 is 1.50 bits per heavy atom. The molecule has 0 aliphatic heterocycles. The molecule has 0 spiro atoms. The second-order valence-corrected chi connectivity index (χ2v) is 3.27. The molecule has 1 aromatic carbocycles. The first kappa shape index (κ1) is 10.3. The van der Waals surface area contributed by atoms with Gasteiger partial charge in [-0.25, -0.2) is 13.9 Å². The maximum Gasteiger partial charge on any atom is 0.338 e. The Morgan fingerprint density at radius 2 is 2.25 bits per heavy atom. The van der Waals surface area contributed by atoms with Crippen LogP contribution in [0.5, 0.6) is 0 Å². The Morgan fingerprint density at radius 3 is 2.75 bits per heavy atom. The predicted molar refractivity (Wildman–Crippen MR) is 53.0 cm³/mol. The molecular formula is C10H8FN3O2. The first-order chi connectivity index (χ1) is 7.58. The van der Waals surface area contributed by atoms with E-state index in [1.54, 1.807) is 13.1 Å². The van der Waals surface area contributed by atoms with E-state index in [1.165, 1.54) is 16.8 Å². The van der Waals surface area contributed by atoms with E-state index in [2.05, 4.69) is 10.3 Å². The number of carboxylic acid groups (broad SMARTS) is 1. The smallest absolute Gasteiger partial charge is 0.338 e. The molecule has 2 aromatic rings. The van der Waals surface area contributed by atoms with Gasteiger partial charge in [-0.05, 0) is 19.1 Å². The van der Waals surface area contributed by atoms with Crippen LogP contribution in [0.15, 0.2) is 24.4 Å². The molecule has 0 atom stereocenters. The highest BCUT2D eigenvalue weighted by Gasteiger charge is 2.11. The largest absolute Gasteiger partial charge is 0.478 e. The predicted octanol–water partition coefficient (Wildman–Crippen LogP) is 1.41. The van der Waals surface area contributed by atoms with Gasteiger partial charge in [0.2, 0.25) is 0 Å². The molecule has 2 rings (SSSR count). The highest BCUT2D eigenvalue weighted by molar-refractivity contribution is 5.88. The lowest BCUT2D eigenvalue weighted by atomic mass is 10.2. The number of aromatic carboxylic acids is 1. The number of carboxylic acids is 1. The van der Waals surface area contributed by atoms with Gasteiger partial charge >= 0.3 is 5.97 Å². The van der Waals surface area contributed by atoms with Crippen molar-refractivity contribution in [3.8, 4) is 5.69 Å². The van der Waals surface area contributed by atoms with Crippen molar-refractivity contribution in [2.45, 2.75) is 6.92 Å². The number of halogens is 1. The lowest BCUT2D eigenvalue weighted by molar-refractivity contribution is 0.0692. The van der Waals surface area contributed by atoms with Gasteiger partial charge in [-0.1, -0.05) is 5.21 Å². The summed E-state index contributed by atoms with van der Waals surface area (Å²) in [5.41, 5.74) is 0.770. The molecule has 0 unspecified atom stereocenters. The van der Waals surface area contributed by atoms with Crippen LogP contribution >= 0.6 is 0 Å². The first-order valence-corrected chi connectivity index (χ1v) is 4.50. The molecule has 0 bridgehead atoms. The fourth-order valence-electron chi connectivity index (χ4n) is 1.29. The third-order valence-corrected chi connectivity index (χ3v) is 2.06. The summed E-state index contributed by atoms with van der Waals surface area (Å²) in [6.45, 7) is 1.76. The monoisotopic (exact) mass is 221 g/mol. The number of hydrogen-bond acceptors (Lipinski definition) is 3. The number of hydrogen-bond donors (Lipinski definition) is 1. The van der Waals surface area contributed by atoms with E-state index in [-0.39, 0.29) is 5.56 Å². The number of nitrogens with zero attached hydrogens (tertiary/aromatic N) is 3. The Balaban J connectivity index is 2.45. The summed E-state index contributed by atoms with van der Waals surface area (Å²) in [6, 6.07) is 3.78. The van der Waals surface area contributed by atoms with Crippen molar-refractivity contribution in [2.24, 2.45) is 0 Å². The molecule has 1 N–H and O–H groups in total. The summed E-state index contributed by atoms with van der Waals surface area (Å²) in [4.78, 5) is 10.6. The van der Waals surface area contributed by atoms with Crippen molar-refractivity contribution in [3.05, 3.63) is 41.5 Å². The molecule has 0 aliphatic carbocycles. The average molecular weight is 221 g/mol. The van der Waals surface area contributed by atoms with E-state index < -0.39 is 11.8 Å². The molecule has 0 aliphatic rings. The summed E-state index contributed by atoms with van der Waals surface area (Å²) >= 11 is 0. The molecule has 1 heterocycles. The van der Waals surface area contributed by atoms with Crippen molar-refractivity contribution in [2.75, 3.05) is 0 Å². The summed E-state index contributed by atoms with van der Waals surface area (Å²) in [5.74, 6) is -2.09. The molecule has 16 heavy (non-hydrogen) atoms. The molecule has 0 saturated carbocycles. The fourth-order valence-corrected chi connectivity index (χ4v) is 1.29. The zero-order valence-electron chi connectivity index (χ0n) is 8.38. The van der Waals surface area contributed by atoms with Crippen LogP contribution in [0.1, 0.15) is 16.1 Å². The van der Waals surface area contributed by atoms with Crippen LogP contribution in [0.2, 0.25) is 0 Å². The van der Waals surface area contributed by atoms with Gasteiger partial charge < -0.3 is 5.11 Å². The maximum absolute atomic E-state index is 13.4. The van der Waals surface area contributed by atoms with Crippen molar-refractivity contribution in [3.63, 3.8) is 0 Å². The Labute approximate surface area is 90.1 Å². The molecule has 6 heteroatoms. The molecule has 0 saturated heterocycles. The van der Waals surface area contributed by atoms with Gasteiger partial charge in [0.05, 0.1) is 23.1 Å². The van der Waals surface area contributed by atoms with Gasteiger partial charge in [-0.2, -0.15) is 0 Å². The Kier molecular flexibility index (Phi) is 2.40. The van der Waals surface area contributed by atoms with E-state index in [0.717, 1.165) is 6.07 Å². The van der Waals surface area contributed by atoms with E-state index in [9.17, 15) is 9.18 Å². The van der Waals surface area contributed by atoms with Crippen LogP contribution in [-0.2, 0) is 0 Å². The van der Waals surface area contributed by atoms with Gasteiger partial charge in [-0.15, -0.1) is 5.10 Å². The van der Waals surface area contributed by atoms with Crippen LogP contribution < -0.4 is 0 Å². The zero-order chi connectivity index (χ0) is 11.7. The number of benzene rings is 1. The fraction of sp³-hybridized carbons (Fsp3) is 0.100. The Bertz CT molecular complexity index is 551. The molecule has 5 nitrogen and oxygen atoms in total. The van der Waals surface area contributed by atoms with E-state index in [4.69, 9.17) is 5.11 Å². The minimum atomic E-state index is -1.29. The minimum absolute atomic E-state index is 0.361. The van der Waals surface area contributed by atoms with E-state index in [0.29, 0.717) is 11.4 Å². The van der Waals surface area contributed by atoms with Crippen LogP contribution in [0.4, 0.5) is 4.39 Å². The third-order valence-electron chi connectivity index (χ3n) is 2.06. The van der Waals surface area contributed by atoms with Crippen LogP contribution in [-0.4, -0.2) is 26.1 Å². The molecule has 0 radical (unpaired) electrons. The lowest BCUT2D eigenvalue weighted by Crippen LogP contribution is -2.03. The number of rotatable bonds is 2. The highest BCUT2D eigenvalue weighted by Crippen LogP contribution is 2.13. The molecule has 0 fully saturated rings. The highest BCUT2D eigenvalue weighted by atomic mass is 19.1. The summed E-state index contributed by atoms with van der Waals surface area (Å²) in [7, 11) is 0. The van der Waals surface area contributed by atoms with Crippen molar-refractivity contribution in [1.82, 2.24) is 15.0 Å². The normalized spacial score (nSPS) is 10.4. The SMILES string of the molecule is Cc1cn(-c2ccc(C(=O)O)c(F)c2)nn1. The number of aromatic nitrogens is 3. The van der Waals surface area contributed by atoms with Gasteiger partial charge in [0.1, 0.15) is 5.82 Å². The summed E-state index contributed by atoms with van der Waals surface area (Å²) in [6.07, 6.45) is 1.62. The first-order valence-electron chi connectivity index (χ1n) is 4.50. The lowest BCUT2D eigenvalue weighted by Gasteiger charge is -2.02. The van der Waals surface area contributed by atoms with Gasteiger partial charge in [0, 0.05) is 6.07 Å². The van der Waals surface area contributed by atoms with Crippen LogP contribution in [0.3, 0.4) is 0 Å². The molecular weight excluding hydrogens is 213 g/mol. The van der Waals surface area contributed by atoms with Crippen molar-refractivity contribution in [1.29, 1.82) is 0 Å². The van der Waals surface area contributed by atoms with Crippen molar-refractivity contribution < 1.29 is 14.3 Å². The minimum Gasteiger partial charge on any atom is -0.478 e. The number of aryl methyl sites for hydroxylation is 1.